The van der Waals surface area contributed by atoms with Crippen LogP contribution < -0.4 is 5.73 Å². The Morgan fingerprint density at radius 3 is 2.27 bits per heavy atom. The largest absolute Gasteiger partial charge is 0.419 e. The summed E-state index contributed by atoms with van der Waals surface area (Å²) in [6, 6.07) is 8.42. The fourth-order valence-corrected chi connectivity index (χ4v) is 3.75. The predicted molar refractivity (Wildman–Crippen MR) is 109 cm³/mol. The molecule has 0 bridgehead atoms. The van der Waals surface area contributed by atoms with Gasteiger partial charge < -0.3 is 14.8 Å². The molecule has 0 unspecified atom stereocenters. The number of alkyl halides is 6. The van der Waals surface area contributed by atoms with Crippen molar-refractivity contribution in [1.82, 2.24) is 14.7 Å². The summed E-state index contributed by atoms with van der Waals surface area (Å²) in [5.41, 5.74) is 4.81. The molecule has 5 nitrogen and oxygen atoms in total. The summed E-state index contributed by atoms with van der Waals surface area (Å²) in [4.78, 5) is 4.22. The van der Waals surface area contributed by atoms with Crippen LogP contribution in [0.3, 0.4) is 0 Å². The van der Waals surface area contributed by atoms with Crippen LogP contribution in [0.25, 0.3) is 22.4 Å². The number of aromatic nitrogens is 3. The first-order chi connectivity index (χ1) is 15.5. The molecule has 174 valence electrons. The summed E-state index contributed by atoms with van der Waals surface area (Å²) >= 11 is 0. The lowest BCUT2D eigenvalue weighted by molar-refractivity contribution is -0.137. The summed E-state index contributed by atoms with van der Waals surface area (Å²) in [5.74, 6) is 0.178. The number of hydrogen-bond acceptors (Lipinski definition) is 4. The average molecular weight is 468 g/mol. The van der Waals surface area contributed by atoms with Crippen LogP contribution in [0.5, 0.6) is 0 Å². The molecule has 0 amide bonds. The molecule has 4 rings (SSSR count). The molecule has 11 heteroatoms. The molecule has 0 atom stereocenters. The number of halogens is 6. The van der Waals surface area contributed by atoms with E-state index in [9.17, 15) is 26.3 Å². The Kier molecular flexibility index (Phi) is 5.59. The van der Waals surface area contributed by atoms with Crippen molar-refractivity contribution in [2.75, 3.05) is 5.73 Å². The highest BCUT2D eigenvalue weighted by Crippen LogP contribution is 2.40. The van der Waals surface area contributed by atoms with Crippen molar-refractivity contribution in [1.29, 1.82) is 0 Å². The lowest BCUT2D eigenvalue weighted by Gasteiger charge is -2.12. The fraction of sp³-hybridized carbons (Fsp3) is 0.273. The van der Waals surface area contributed by atoms with Crippen molar-refractivity contribution >= 4 is 16.6 Å². The van der Waals surface area contributed by atoms with Crippen LogP contribution in [-0.4, -0.2) is 14.7 Å². The first-order valence-electron chi connectivity index (χ1n) is 9.97. The highest BCUT2D eigenvalue weighted by molar-refractivity contribution is 5.89. The minimum Gasteiger partial charge on any atom is -0.398 e. The number of hydrogen-bond donors (Lipinski definition) is 1. The van der Waals surface area contributed by atoms with Gasteiger partial charge in [0.1, 0.15) is 0 Å². The number of benzene rings is 2. The summed E-state index contributed by atoms with van der Waals surface area (Å²) < 4.78 is 86.0. The van der Waals surface area contributed by atoms with Gasteiger partial charge in [0.2, 0.25) is 0 Å². The van der Waals surface area contributed by atoms with Gasteiger partial charge in [-0.05, 0) is 48.9 Å². The lowest BCUT2D eigenvalue weighted by atomic mass is 10.1. The van der Waals surface area contributed by atoms with Gasteiger partial charge in [0.25, 0.3) is 5.89 Å². The summed E-state index contributed by atoms with van der Waals surface area (Å²) in [7, 11) is 0. The van der Waals surface area contributed by atoms with Crippen molar-refractivity contribution in [2.24, 2.45) is 0 Å². The standard InChI is InChI=1S/C22H18F6N4O/c1-2-3-14-10-15-17(9-8-16(29)19(15)22(26,27)28)32(14)11-18-30-20(33-31-18)12-4-6-13(7-5-12)21(23,24)25/h4-10H,2-3,11,29H2,1H3. The third-order valence-corrected chi connectivity index (χ3v) is 5.22. The van der Waals surface area contributed by atoms with E-state index in [-0.39, 0.29) is 29.3 Å². The highest BCUT2D eigenvalue weighted by Gasteiger charge is 2.36. The third-order valence-electron chi connectivity index (χ3n) is 5.22. The smallest absolute Gasteiger partial charge is 0.398 e. The predicted octanol–water partition coefficient (Wildman–Crippen LogP) is 6.31. The second kappa shape index (κ2) is 8.13. The van der Waals surface area contributed by atoms with Crippen molar-refractivity contribution < 1.29 is 30.9 Å². The lowest BCUT2D eigenvalue weighted by Crippen LogP contribution is -2.10. The summed E-state index contributed by atoms with van der Waals surface area (Å²) in [6.45, 7) is 1.92. The number of rotatable bonds is 5. The van der Waals surface area contributed by atoms with Crippen molar-refractivity contribution in [3.05, 3.63) is 65.1 Å². The van der Waals surface area contributed by atoms with Crippen LogP contribution in [0.1, 0.15) is 36.0 Å². The van der Waals surface area contributed by atoms with Crippen LogP contribution in [0, 0.1) is 0 Å². The van der Waals surface area contributed by atoms with Gasteiger partial charge in [0.15, 0.2) is 5.82 Å². The first kappa shape index (κ1) is 22.7. The molecule has 0 saturated heterocycles. The van der Waals surface area contributed by atoms with Crippen LogP contribution in [-0.2, 0) is 25.3 Å². The van der Waals surface area contributed by atoms with E-state index in [1.54, 1.807) is 4.57 Å². The van der Waals surface area contributed by atoms with Crippen LogP contribution in [0.4, 0.5) is 32.0 Å². The van der Waals surface area contributed by atoms with Gasteiger partial charge in [-0.15, -0.1) is 0 Å². The molecule has 0 aliphatic rings. The molecule has 0 radical (unpaired) electrons. The molecule has 0 saturated carbocycles. The Bertz CT molecular complexity index is 1290. The fourth-order valence-electron chi connectivity index (χ4n) is 3.75. The topological polar surface area (TPSA) is 69.9 Å². The molecule has 2 N–H and O–H groups in total. The number of anilines is 1. The molecular weight excluding hydrogens is 450 g/mol. The Balaban J connectivity index is 1.71. The Hall–Kier alpha value is -3.50. The van der Waals surface area contributed by atoms with E-state index in [1.165, 1.54) is 30.3 Å². The van der Waals surface area contributed by atoms with Crippen LogP contribution in [0.2, 0.25) is 0 Å². The molecule has 2 aromatic carbocycles. The van der Waals surface area contributed by atoms with Gasteiger partial charge >= 0.3 is 12.4 Å². The van der Waals surface area contributed by atoms with Crippen LogP contribution >= 0.6 is 0 Å². The second-order valence-corrected chi connectivity index (χ2v) is 7.52. The Morgan fingerprint density at radius 2 is 1.67 bits per heavy atom. The Morgan fingerprint density at radius 1 is 0.970 bits per heavy atom. The quantitative estimate of drug-likeness (QED) is 0.275. The molecule has 0 aliphatic heterocycles. The maximum Gasteiger partial charge on any atom is 0.419 e. The molecule has 0 aliphatic carbocycles. The zero-order chi connectivity index (χ0) is 24.0. The monoisotopic (exact) mass is 468 g/mol. The van der Waals surface area contributed by atoms with Gasteiger partial charge in [-0.3, -0.25) is 0 Å². The maximum atomic E-state index is 13.6. The molecule has 33 heavy (non-hydrogen) atoms. The van der Waals surface area contributed by atoms with E-state index in [0.717, 1.165) is 12.1 Å². The van der Waals surface area contributed by atoms with Crippen molar-refractivity contribution in [3.63, 3.8) is 0 Å². The average Bonchev–Trinajstić information content (AvgIpc) is 3.32. The molecule has 0 fully saturated rings. The normalized spacial score (nSPS) is 12.6. The van der Waals surface area contributed by atoms with E-state index in [1.807, 2.05) is 6.92 Å². The van der Waals surface area contributed by atoms with Gasteiger partial charge in [0.05, 0.1) is 17.7 Å². The molecule has 0 spiro atoms. The van der Waals surface area contributed by atoms with Gasteiger partial charge in [-0.25, -0.2) is 0 Å². The number of aryl methyl sites for hydroxylation is 1. The minimum atomic E-state index is -4.62. The van der Waals surface area contributed by atoms with E-state index < -0.39 is 23.5 Å². The molecule has 2 aromatic heterocycles. The maximum absolute atomic E-state index is 13.6. The number of nitrogens with zero attached hydrogens (tertiary/aromatic N) is 3. The zero-order valence-corrected chi connectivity index (χ0v) is 17.3. The number of nitrogens with two attached hydrogens (primary N) is 1. The first-order valence-corrected chi connectivity index (χ1v) is 9.97. The molecular formula is C22H18F6N4O. The van der Waals surface area contributed by atoms with Gasteiger partial charge in [-0.2, -0.15) is 31.3 Å². The van der Waals surface area contributed by atoms with Gasteiger partial charge in [0, 0.05) is 27.8 Å². The van der Waals surface area contributed by atoms with Crippen molar-refractivity contribution in [3.8, 4) is 11.5 Å². The molecule has 4 aromatic rings. The van der Waals surface area contributed by atoms with E-state index in [0.29, 0.717) is 29.6 Å². The number of fused-ring (bicyclic) bond motifs is 1. The zero-order valence-electron chi connectivity index (χ0n) is 17.3. The number of nitrogen functional groups attached to an aromatic ring is 1. The van der Waals surface area contributed by atoms with E-state index in [2.05, 4.69) is 10.1 Å². The molecule has 2 heterocycles. The van der Waals surface area contributed by atoms with Crippen LogP contribution in [0.15, 0.2) is 47.0 Å². The highest BCUT2D eigenvalue weighted by atomic mass is 19.4. The second-order valence-electron chi connectivity index (χ2n) is 7.52. The minimum absolute atomic E-state index is 0.00690. The van der Waals surface area contributed by atoms with Gasteiger partial charge in [-0.1, -0.05) is 18.5 Å². The summed E-state index contributed by atoms with van der Waals surface area (Å²) in [6.07, 6.45) is -7.89. The Labute approximate surface area is 183 Å². The third kappa shape index (κ3) is 4.39. The van der Waals surface area contributed by atoms with Crippen molar-refractivity contribution in [2.45, 2.75) is 38.7 Å². The van der Waals surface area contributed by atoms with E-state index in [4.69, 9.17) is 10.3 Å². The van der Waals surface area contributed by atoms with E-state index >= 15 is 0 Å². The summed E-state index contributed by atoms with van der Waals surface area (Å²) in [5, 5.41) is 3.84. The SMILES string of the molecule is CCCc1cc2c(C(F)(F)F)c(N)ccc2n1Cc1noc(-c2ccc(C(F)(F)F)cc2)n1.